The van der Waals surface area contributed by atoms with Crippen molar-refractivity contribution in [1.82, 2.24) is 0 Å². The molecule has 3 heteroatoms. The molecule has 48 valence electrons. The van der Waals surface area contributed by atoms with E-state index in [4.69, 9.17) is 11.6 Å². The highest BCUT2D eigenvalue weighted by Crippen LogP contribution is 2.04. The molecule has 0 amide bonds. The molecule has 0 N–H and O–H groups in total. The third-order valence-electron chi connectivity index (χ3n) is 0.759. The van der Waals surface area contributed by atoms with E-state index in [1.807, 2.05) is 6.92 Å². The molecule has 0 aromatic carbocycles. The second-order valence-corrected chi connectivity index (χ2v) is 3.05. The molecule has 0 fully saturated rings. The monoisotopic (exact) mass is 152 g/mol. The average Bonchev–Trinajstić information content (AvgIpc) is 1.61. The lowest BCUT2D eigenvalue weighted by Crippen LogP contribution is -1.94. The maximum atomic E-state index is 10.1. The lowest BCUT2D eigenvalue weighted by molar-refractivity contribution is -0.111. The van der Waals surface area contributed by atoms with Gasteiger partial charge in [-0.3, -0.25) is 4.79 Å². The van der Waals surface area contributed by atoms with Gasteiger partial charge in [-0.05, 0) is 23.3 Å². The van der Waals surface area contributed by atoms with Gasteiger partial charge in [-0.25, -0.2) is 0 Å². The van der Waals surface area contributed by atoms with Crippen molar-refractivity contribution in [3.05, 3.63) is 0 Å². The molecule has 0 aromatic heterocycles. The quantitative estimate of drug-likeness (QED) is 0.483. The number of thiol groups is 1. The van der Waals surface area contributed by atoms with Crippen molar-refractivity contribution in [2.75, 3.05) is 0 Å². The van der Waals surface area contributed by atoms with E-state index >= 15 is 0 Å². The number of rotatable bonds is 3. The van der Waals surface area contributed by atoms with Crippen molar-refractivity contribution in [2.45, 2.75) is 25.0 Å². The molecule has 0 saturated heterocycles. The highest BCUT2D eigenvalue weighted by Gasteiger charge is 1.98. The molecular weight excluding hydrogens is 144 g/mol. The molecule has 0 aromatic rings. The summed E-state index contributed by atoms with van der Waals surface area (Å²) in [5.41, 5.74) is 0. The zero-order valence-electron chi connectivity index (χ0n) is 4.72. The van der Waals surface area contributed by atoms with E-state index in [1.165, 1.54) is 0 Å². The van der Waals surface area contributed by atoms with Crippen LogP contribution in [0.25, 0.3) is 0 Å². The van der Waals surface area contributed by atoms with Crippen molar-refractivity contribution in [3.8, 4) is 0 Å². The molecule has 0 bridgehead atoms. The first kappa shape index (κ1) is 8.31. The molecule has 0 aliphatic carbocycles. The number of carbonyl (C=O) groups is 1. The minimum atomic E-state index is -0.272. The summed E-state index contributed by atoms with van der Waals surface area (Å²) in [7, 11) is 0. The van der Waals surface area contributed by atoms with Crippen LogP contribution in [0, 0.1) is 0 Å². The van der Waals surface area contributed by atoms with Gasteiger partial charge in [-0.2, -0.15) is 12.6 Å². The summed E-state index contributed by atoms with van der Waals surface area (Å²) in [5, 5.41) is 0.00333. The molecule has 8 heavy (non-hydrogen) atoms. The normalized spacial score (nSPS) is 13.4. The van der Waals surface area contributed by atoms with Gasteiger partial charge in [-0.15, -0.1) is 0 Å². The van der Waals surface area contributed by atoms with Gasteiger partial charge in [0, 0.05) is 6.42 Å². The van der Waals surface area contributed by atoms with Gasteiger partial charge in [0.1, 0.15) is 0 Å². The summed E-state index contributed by atoms with van der Waals surface area (Å²) >= 11 is 9.11. The van der Waals surface area contributed by atoms with E-state index in [0.29, 0.717) is 6.42 Å². The Hall–Kier alpha value is 0.310. The average molecular weight is 153 g/mol. The van der Waals surface area contributed by atoms with Crippen molar-refractivity contribution in [3.63, 3.8) is 0 Å². The fourth-order valence-corrected chi connectivity index (χ4v) is 0.561. The van der Waals surface area contributed by atoms with E-state index in [9.17, 15) is 4.79 Å². The molecule has 0 saturated carbocycles. The molecule has 0 radical (unpaired) electrons. The summed E-state index contributed by atoms with van der Waals surface area (Å²) in [6, 6.07) is 0. The third-order valence-corrected chi connectivity index (χ3v) is 1.21. The lowest BCUT2D eigenvalue weighted by atomic mass is 10.3. The lowest BCUT2D eigenvalue weighted by Gasteiger charge is -1.96. The van der Waals surface area contributed by atoms with Crippen LogP contribution >= 0.6 is 24.2 Å². The first-order valence-electron chi connectivity index (χ1n) is 2.49. The molecule has 0 aliphatic rings. The maximum absolute atomic E-state index is 10.1. The highest BCUT2D eigenvalue weighted by molar-refractivity contribution is 7.80. The van der Waals surface area contributed by atoms with E-state index in [0.717, 1.165) is 6.42 Å². The van der Waals surface area contributed by atoms with Crippen LogP contribution in [-0.2, 0) is 4.79 Å². The van der Waals surface area contributed by atoms with E-state index in [-0.39, 0.29) is 10.5 Å². The van der Waals surface area contributed by atoms with Crippen molar-refractivity contribution in [2.24, 2.45) is 0 Å². The van der Waals surface area contributed by atoms with Crippen LogP contribution in [-0.4, -0.2) is 10.5 Å². The summed E-state index contributed by atoms with van der Waals surface area (Å²) < 4.78 is 0. The van der Waals surface area contributed by atoms with E-state index in [2.05, 4.69) is 12.6 Å². The van der Waals surface area contributed by atoms with Gasteiger partial charge >= 0.3 is 0 Å². The Morgan fingerprint density at radius 1 is 1.88 bits per heavy atom. The Morgan fingerprint density at radius 3 is 2.50 bits per heavy atom. The molecule has 0 aliphatic heterocycles. The minimum absolute atomic E-state index is 0.272. The topological polar surface area (TPSA) is 17.1 Å². The van der Waals surface area contributed by atoms with E-state index in [1.54, 1.807) is 0 Å². The maximum Gasteiger partial charge on any atom is 0.221 e. The summed E-state index contributed by atoms with van der Waals surface area (Å²) in [4.78, 5) is 10.1. The summed E-state index contributed by atoms with van der Waals surface area (Å²) in [6.07, 6.45) is 1.21. The van der Waals surface area contributed by atoms with Crippen molar-refractivity contribution >= 4 is 29.5 Å². The zero-order valence-corrected chi connectivity index (χ0v) is 6.38. The Bertz CT molecular complexity index is 82.5. The zero-order chi connectivity index (χ0) is 6.57. The Morgan fingerprint density at radius 2 is 2.38 bits per heavy atom. The van der Waals surface area contributed by atoms with Crippen LogP contribution in [0.1, 0.15) is 19.8 Å². The van der Waals surface area contributed by atoms with Gasteiger partial charge in [0.2, 0.25) is 5.24 Å². The van der Waals surface area contributed by atoms with Crippen LogP contribution < -0.4 is 0 Å². The number of hydrogen-bond acceptors (Lipinski definition) is 2. The SMILES string of the molecule is CC(S)CCC(=O)Cl. The van der Waals surface area contributed by atoms with Crippen molar-refractivity contribution in [1.29, 1.82) is 0 Å². The summed E-state index contributed by atoms with van der Waals surface area (Å²) in [5.74, 6) is 0. The van der Waals surface area contributed by atoms with Gasteiger partial charge in [0.25, 0.3) is 0 Å². The first-order chi connectivity index (χ1) is 3.63. The van der Waals surface area contributed by atoms with E-state index < -0.39 is 0 Å². The van der Waals surface area contributed by atoms with Crippen LogP contribution in [0.2, 0.25) is 0 Å². The molecular formula is C5H9ClOS. The van der Waals surface area contributed by atoms with Crippen molar-refractivity contribution < 1.29 is 4.79 Å². The second kappa shape index (κ2) is 4.21. The standard InChI is InChI=1S/C5H9ClOS/c1-4(8)2-3-5(6)7/h4,8H,2-3H2,1H3. The van der Waals surface area contributed by atoms with Gasteiger partial charge in [0.05, 0.1) is 0 Å². The number of halogens is 1. The molecule has 0 spiro atoms. The smallest absolute Gasteiger partial charge is 0.221 e. The fourth-order valence-electron chi connectivity index (χ4n) is 0.322. The Kier molecular flexibility index (Phi) is 4.38. The first-order valence-corrected chi connectivity index (χ1v) is 3.38. The van der Waals surface area contributed by atoms with Crippen LogP contribution in [0.5, 0.6) is 0 Å². The van der Waals surface area contributed by atoms with Crippen LogP contribution in [0.4, 0.5) is 0 Å². The Balaban J connectivity index is 3.05. The highest BCUT2D eigenvalue weighted by atomic mass is 35.5. The molecule has 1 atom stereocenters. The number of hydrogen-bond donors (Lipinski definition) is 1. The van der Waals surface area contributed by atoms with Gasteiger partial charge in [-0.1, -0.05) is 6.92 Å². The van der Waals surface area contributed by atoms with Gasteiger partial charge in [0.15, 0.2) is 0 Å². The van der Waals surface area contributed by atoms with Crippen LogP contribution in [0.15, 0.2) is 0 Å². The predicted molar refractivity (Wildman–Crippen MR) is 38.5 cm³/mol. The fraction of sp³-hybridized carbons (Fsp3) is 0.800. The molecule has 1 nitrogen and oxygen atoms in total. The van der Waals surface area contributed by atoms with Gasteiger partial charge < -0.3 is 0 Å². The second-order valence-electron chi connectivity index (χ2n) is 1.74. The molecule has 0 rings (SSSR count). The predicted octanol–water partition coefficient (Wildman–Crippen LogP) is 1.85. The minimum Gasteiger partial charge on any atom is -0.281 e. The third kappa shape index (κ3) is 6.31. The summed E-state index contributed by atoms with van der Waals surface area (Å²) in [6.45, 7) is 1.93. The largest absolute Gasteiger partial charge is 0.281 e. The molecule has 0 heterocycles. The number of carbonyl (C=O) groups excluding carboxylic acids is 1. The Labute approximate surface area is 59.8 Å². The molecule has 1 unspecified atom stereocenters. The van der Waals surface area contributed by atoms with Crippen LogP contribution in [0.3, 0.4) is 0 Å².